The van der Waals surface area contributed by atoms with E-state index in [9.17, 15) is 5.11 Å². The number of hydrogen-bond donors (Lipinski definition) is 1. The fraction of sp³-hybridized carbons (Fsp3) is 0.625. The molecule has 2 unspecified atom stereocenters. The SMILES string of the molecule is CCOc1cc(Cl)c(C(O)C2CCCCO2)cc1OCC. The first kappa shape index (κ1) is 16.4. The Hall–Kier alpha value is -0.970. The molecule has 0 aromatic heterocycles. The summed E-state index contributed by atoms with van der Waals surface area (Å²) in [6.07, 6.45) is 2.00. The number of hydrogen-bond acceptors (Lipinski definition) is 4. The van der Waals surface area contributed by atoms with Crippen LogP contribution in [-0.2, 0) is 4.74 Å². The Morgan fingerprint density at radius 1 is 1.24 bits per heavy atom. The lowest BCUT2D eigenvalue weighted by Crippen LogP contribution is -2.26. The van der Waals surface area contributed by atoms with E-state index in [1.165, 1.54) is 0 Å². The Kier molecular flexibility index (Phi) is 6.15. The zero-order valence-corrected chi connectivity index (χ0v) is 13.4. The minimum Gasteiger partial charge on any atom is -0.490 e. The predicted octanol–water partition coefficient (Wildman–Crippen LogP) is 3.74. The van der Waals surface area contributed by atoms with Crippen molar-refractivity contribution in [3.05, 3.63) is 22.7 Å². The summed E-state index contributed by atoms with van der Waals surface area (Å²) >= 11 is 6.30. The highest BCUT2D eigenvalue weighted by Gasteiger charge is 2.27. The molecule has 2 rings (SSSR count). The van der Waals surface area contributed by atoms with Gasteiger partial charge in [0.1, 0.15) is 6.10 Å². The second kappa shape index (κ2) is 7.87. The average Bonchev–Trinajstić information content (AvgIpc) is 2.50. The standard InChI is InChI=1S/C16H23ClO4/c1-3-19-14-9-11(12(17)10-15(14)20-4-2)16(18)13-7-5-6-8-21-13/h9-10,13,16,18H,3-8H2,1-2H3. The Balaban J connectivity index is 2.27. The third kappa shape index (κ3) is 4.02. The number of ether oxygens (including phenoxy) is 3. The normalized spacial score (nSPS) is 20.1. The van der Waals surface area contributed by atoms with Gasteiger partial charge < -0.3 is 19.3 Å². The summed E-state index contributed by atoms with van der Waals surface area (Å²) in [5.74, 6) is 1.21. The van der Waals surface area contributed by atoms with Gasteiger partial charge in [0.2, 0.25) is 0 Å². The van der Waals surface area contributed by atoms with Gasteiger partial charge in [-0.05, 0) is 39.2 Å². The van der Waals surface area contributed by atoms with E-state index < -0.39 is 6.10 Å². The fourth-order valence-electron chi connectivity index (χ4n) is 2.53. The second-order valence-corrected chi connectivity index (χ2v) is 5.44. The molecule has 1 heterocycles. The average molecular weight is 315 g/mol. The van der Waals surface area contributed by atoms with Crippen LogP contribution in [-0.4, -0.2) is 31.0 Å². The zero-order chi connectivity index (χ0) is 15.2. The molecule has 1 aliphatic heterocycles. The Labute approximate surface area is 131 Å². The molecule has 0 bridgehead atoms. The largest absolute Gasteiger partial charge is 0.490 e. The van der Waals surface area contributed by atoms with Crippen molar-refractivity contribution in [1.29, 1.82) is 0 Å². The van der Waals surface area contributed by atoms with Gasteiger partial charge in [-0.1, -0.05) is 11.6 Å². The predicted molar refractivity (Wildman–Crippen MR) is 82.3 cm³/mol. The van der Waals surface area contributed by atoms with Crippen LogP contribution in [0.2, 0.25) is 5.02 Å². The van der Waals surface area contributed by atoms with Gasteiger partial charge in [-0.3, -0.25) is 0 Å². The molecule has 0 radical (unpaired) electrons. The Morgan fingerprint density at radius 3 is 2.48 bits per heavy atom. The molecule has 1 aromatic carbocycles. The molecule has 1 N–H and O–H groups in total. The minimum atomic E-state index is -0.743. The molecule has 1 aliphatic rings. The van der Waals surface area contributed by atoms with Crippen LogP contribution >= 0.6 is 11.6 Å². The van der Waals surface area contributed by atoms with Crippen molar-refractivity contribution < 1.29 is 19.3 Å². The van der Waals surface area contributed by atoms with Crippen LogP contribution in [0.5, 0.6) is 11.5 Å². The van der Waals surface area contributed by atoms with E-state index in [-0.39, 0.29) is 6.10 Å². The van der Waals surface area contributed by atoms with Gasteiger partial charge in [0, 0.05) is 18.2 Å². The van der Waals surface area contributed by atoms with Crippen LogP contribution in [0.15, 0.2) is 12.1 Å². The maximum Gasteiger partial charge on any atom is 0.162 e. The highest BCUT2D eigenvalue weighted by Crippen LogP contribution is 2.38. The van der Waals surface area contributed by atoms with Crippen molar-refractivity contribution in [2.75, 3.05) is 19.8 Å². The molecule has 4 nitrogen and oxygen atoms in total. The molecular weight excluding hydrogens is 292 g/mol. The quantitative estimate of drug-likeness (QED) is 0.869. The highest BCUT2D eigenvalue weighted by molar-refractivity contribution is 6.31. The summed E-state index contributed by atoms with van der Waals surface area (Å²) in [7, 11) is 0. The van der Waals surface area contributed by atoms with Crippen molar-refractivity contribution in [3.63, 3.8) is 0 Å². The van der Waals surface area contributed by atoms with E-state index in [2.05, 4.69) is 0 Å². The van der Waals surface area contributed by atoms with Crippen molar-refractivity contribution in [2.45, 2.75) is 45.3 Å². The van der Waals surface area contributed by atoms with E-state index in [1.54, 1.807) is 12.1 Å². The van der Waals surface area contributed by atoms with Crippen molar-refractivity contribution in [1.82, 2.24) is 0 Å². The summed E-state index contributed by atoms with van der Waals surface area (Å²) in [5.41, 5.74) is 0.635. The molecule has 0 saturated carbocycles. The topological polar surface area (TPSA) is 47.9 Å². The lowest BCUT2D eigenvalue weighted by atomic mass is 9.98. The lowest BCUT2D eigenvalue weighted by Gasteiger charge is -2.28. The summed E-state index contributed by atoms with van der Waals surface area (Å²) in [4.78, 5) is 0. The van der Waals surface area contributed by atoms with E-state index >= 15 is 0 Å². The number of benzene rings is 1. The summed E-state index contributed by atoms with van der Waals surface area (Å²) < 4.78 is 16.8. The van der Waals surface area contributed by atoms with Gasteiger partial charge in [-0.2, -0.15) is 0 Å². The van der Waals surface area contributed by atoms with E-state index in [0.717, 1.165) is 19.3 Å². The van der Waals surface area contributed by atoms with Gasteiger partial charge in [-0.25, -0.2) is 0 Å². The van der Waals surface area contributed by atoms with Crippen molar-refractivity contribution >= 4 is 11.6 Å². The molecule has 0 spiro atoms. The minimum absolute atomic E-state index is 0.205. The van der Waals surface area contributed by atoms with Gasteiger partial charge >= 0.3 is 0 Å². The summed E-state index contributed by atoms with van der Waals surface area (Å²) in [6.45, 7) is 5.56. The first-order chi connectivity index (χ1) is 10.2. The third-order valence-corrected chi connectivity index (χ3v) is 3.88. The molecule has 1 saturated heterocycles. The zero-order valence-electron chi connectivity index (χ0n) is 12.6. The Bertz CT molecular complexity index is 458. The van der Waals surface area contributed by atoms with Crippen LogP contribution < -0.4 is 9.47 Å². The number of rotatable bonds is 6. The second-order valence-electron chi connectivity index (χ2n) is 5.04. The van der Waals surface area contributed by atoms with Crippen molar-refractivity contribution in [3.8, 4) is 11.5 Å². The lowest BCUT2D eigenvalue weighted by molar-refractivity contribution is -0.0633. The van der Waals surface area contributed by atoms with E-state index in [4.69, 9.17) is 25.8 Å². The molecule has 21 heavy (non-hydrogen) atoms. The van der Waals surface area contributed by atoms with Gasteiger partial charge in [0.05, 0.1) is 24.3 Å². The molecule has 5 heteroatoms. The van der Waals surface area contributed by atoms with Crippen LogP contribution in [0, 0.1) is 0 Å². The molecule has 1 fully saturated rings. The molecule has 0 aliphatic carbocycles. The Morgan fingerprint density at radius 2 is 1.90 bits per heavy atom. The van der Waals surface area contributed by atoms with Gasteiger partial charge in [-0.15, -0.1) is 0 Å². The van der Waals surface area contributed by atoms with Crippen molar-refractivity contribution in [2.24, 2.45) is 0 Å². The molecular formula is C16H23ClO4. The van der Waals surface area contributed by atoms with Crippen LogP contribution in [0.4, 0.5) is 0 Å². The maximum atomic E-state index is 10.5. The van der Waals surface area contributed by atoms with Gasteiger partial charge in [0.15, 0.2) is 11.5 Å². The first-order valence-electron chi connectivity index (χ1n) is 7.56. The van der Waals surface area contributed by atoms with Crippen LogP contribution in [0.25, 0.3) is 0 Å². The monoisotopic (exact) mass is 314 g/mol. The molecule has 2 atom stereocenters. The van der Waals surface area contributed by atoms with Crippen LogP contribution in [0.3, 0.4) is 0 Å². The molecule has 118 valence electrons. The molecule has 0 amide bonds. The number of aliphatic hydroxyl groups is 1. The van der Waals surface area contributed by atoms with E-state index in [1.807, 2.05) is 13.8 Å². The maximum absolute atomic E-state index is 10.5. The number of halogens is 1. The van der Waals surface area contributed by atoms with Crippen LogP contribution in [0.1, 0.15) is 44.8 Å². The first-order valence-corrected chi connectivity index (χ1v) is 7.93. The third-order valence-electron chi connectivity index (χ3n) is 3.55. The summed E-state index contributed by atoms with van der Waals surface area (Å²) in [5, 5.41) is 11.0. The molecule has 1 aromatic rings. The van der Waals surface area contributed by atoms with E-state index in [0.29, 0.717) is 41.9 Å². The highest BCUT2D eigenvalue weighted by atomic mass is 35.5. The van der Waals surface area contributed by atoms with Gasteiger partial charge in [0.25, 0.3) is 0 Å². The summed E-state index contributed by atoms with van der Waals surface area (Å²) in [6, 6.07) is 3.47. The number of aliphatic hydroxyl groups excluding tert-OH is 1. The smallest absolute Gasteiger partial charge is 0.162 e. The fourth-order valence-corrected chi connectivity index (χ4v) is 2.79.